The highest BCUT2D eigenvalue weighted by atomic mass is 32.2. The Labute approximate surface area is 192 Å². The highest BCUT2D eigenvalue weighted by Gasteiger charge is 2.14. The number of nitrogens with one attached hydrogen (secondary N) is 3. The van der Waals surface area contributed by atoms with Gasteiger partial charge in [0.2, 0.25) is 0 Å². The summed E-state index contributed by atoms with van der Waals surface area (Å²) in [4.78, 5) is 12.8. The fraction of sp³-hybridized carbons (Fsp3) is 0.0870. The second-order valence-electron chi connectivity index (χ2n) is 6.84. The minimum atomic E-state index is -3.71. The molecule has 10 heteroatoms. The first-order valence-electron chi connectivity index (χ1n) is 10.1. The van der Waals surface area contributed by atoms with Crippen LogP contribution in [0.5, 0.6) is 5.75 Å². The maximum atomic E-state index is 12.6. The number of rotatable bonds is 9. The third-order valence-corrected chi connectivity index (χ3v) is 5.84. The van der Waals surface area contributed by atoms with Gasteiger partial charge in [-0.1, -0.05) is 6.07 Å². The molecular formula is C23H22N6O3S. The van der Waals surface area contributed by atoms with E-state index < -0.39 is 10.0 Å². The molecule has 9 nitrogen and oxygen atoms in total. The molecule has 33 heavy (non-hydrogen) atoms. The Hall–Kier alpha value is -4.18. The smallest absolute Gasteiger partial charge is 0.261 e. The van der Waals surface area contributed by atoms with Crippen LogP contribution in [0, 0.1) is 0 Å². The van der Waals surface area contributed by atoms with Gasteiger partial charge in [0, 0.05) is 23.6 Å². The molecule has 0 aliphatic heterocycles. The van der Waals surface area contributed by atoms with Crippen molar-refractivity contribution in [1.82, 2.24) is 15.0 Å². The van der Waals surface area contributed by atoms with Crippen LogP contribution in [-0.2, 0) is 10.0 Å². The molecule has 0 amide bonds. The largest absolute Gasteiger partial charge is 0.494 e. The SMILES string of the molecule is CCOc1ccc(S(=O)(=O)Nc2ccc(Nc3cc(Nc4ccccn4)ncn3)cc2)cc1. The molecule has 2 aromatic carbocycles. The maximum Gasteiger partial charge on any atom is 0.261 e. The van der Waals surface area contributed by atoms with Gasteiger partial charge in [0.25, 0.3) is 10.0 Å². The molecule has 0 fully saturated rings. The summed E-state index contributed by atoms with van der Waals surface area (Å²) in [7, 11) is -3.71. The van der Waals surface area contributed by atoms with Gasteiger partial charge in [0.05, 0.1) is 11.5 Å². The minimum Gasteiger partial charge on any atom is -0.494 e. The number of hydrogen-bond donors (Lipinski definition) is 3. The van der Waals surface area contributed by atoms with Gasteiger partial charge < -0.3 is 15.4 Å². The third-order valence-electron chi connectivity index (χ3n) is 4.44. The van der Waals surface area contributed by atoms with Gasteiger partial charge in [-0.05, 0) is 67.6 Å². The van der Waals surface area contributed by atoms with Gasteiger partial charge in [-0.3, -0.25) is 4.72 Å². The summed E-state index contributed by atoms with van der Waals surface area (Å²) in [6.07, 6.45) is 3.13. The Kier molecular flexibility index (Phi) is 6.65. The fourth-order valence-electron chi connectivity index (χ4n) is 2.93. The molecule has 3 N–H and O–H groups in total. The Balaban J connectivity index is 1.40. The lowest BCUT2D eigenvalue weighted by atomic mass is 10.3. The highest BCUT2D eigenvalue weighted by Crippen LogP contribution is 2.23. The molecule has 2 heterocycles. The molecule has 0 bridgehead atoms. The van der Waals surface area contributed by atoms with Gasteiger partial charge in [0.15, 0.2) is 0 Å². The van der Waals surface area contributed by atoms with Gasteiger partial charge in [0.1, 0.15) is 29.5 Å². The second kappa shape index (κ2) is 9.96. The van der Waals surface area contributed by atoms with Crippen molar-refractivity contribution in [1.29, 1.82) is 0 Å². The zero-order valence-corrected chi connectivity index (χ0v) is 18.6. The summed E-state index contributed by atoms with van der Waals surface area (Å²) in [5.74, 6) is 2.46. The standard InChI is InChI=1S/C23H22N6O3S/c1-2-32-19-10-12-20(13-11-19)33(30,31)29-18-8-6-17(7-9-18)27-22-15-23(26-16-25-22)28-21-5-3-4-14-24-21/h3-16,29H,2H2,1H3,(H2,24,25,26,27,28). The Bertz CT molecular complexity index is 1300. The molecule has 0 saturated carbocycles. The van der Waals surface area contributed by atoms with E-state index in [1.807, 2.05) is 25.1 Å². The topological polar surface area (TPSA) is 118 Å². The summed E-state index contributed by atoms with van der Waals surface area (Å²) in [6.45, 7) is 2.38. The van der Waals surface area contributed by atoms with Gasteiger partial charge in [-0.15, -0.1) is 0 Å². The van der Waals surface area contributed by atoms with E-state index in [1.54, 1.807) is 48.7 Å². The number of hydrogen-bond acceptors (Lipinski definition) is 8. The van der Waals surface area contributed by atoms with Crippen LogP contribution in [0.1, 0.15) is 6.92 Å². The normalized spacial score (nSPS) is 10.9. The number of nitrogens with zero attached hydrogens (tertiary/aromatic N) is 3. The van der Waals surface area contributed by atoms with Gasteiger partial charge in [-0.25, -0.2) is 23.4 Å². The zero-order valence-electron chi connectivity index (χ0n) is 17.8. The lowest BCUT2D eigenvalue weighted by Crippen LogP contribution is -2.12. The molecule has 0 spiro atoms. The average molecular weight is 463 g/mol. The van der Waals surface area contributed by atoms with Crippen molar-refractivity contribution in [3.05, 3.63) is 85.3 Å². The molecule has 4 aromatic rings. The van der Waals surface area contributed by atoms with Crippen LogP contribution in [0.4, 0.5) is 28.8 Å². The van der Waals surface area contributed by atoms with E-state index in [4.69, 9.17) is 4.74 Å². The van der Waals surface area contributed by atoms with E-state index in [-0.39, 0.29) is 4.90 Å². The summed E-state index contributed by atoms with van der Waals surface area (Å²) < 4.78 is 33.2. The number of anilines is 5. The van der Waals surface area contributed by atoms with E-state index >= 15 is 0 Å². The maximum absolute atomic E-state index is 12.6. The molecule has 0 aliphatic rings. The van der Waals surface area contributed by atoms with E-state index in [0.717, 1.165) is 5.69 Å². The van der Waals surface area contributed by atoms with Crippen molar-refractivity contribution in [2.45, 2.75) is 11.8 Å². The quantitative estimate of drug-likeness (QED) is 0.331. The first-order valence-corrected chi connectivity index (χ1v) is 11.6. The van der Waals surface area contributed by atoms with Crippen LogP contribution >= 0.6 is 0 Å². The molecule has 168 valence electrons. The molecule has 0 atom stereocenters. The van der Waals surface area contributed by atoms with Crippen molar-refractivity contribution < 1.29 is 13.2 Å². The monoisotopic (exact) mass is 462 g/mol. The van der Waals surface area contributed by atoms with Crippen molar-refractivity contribution in [3.63, 3.8) is 0 Å². The summed E-state index contributed by atoms with van der Waals surface area (Å²) >= 11 is 0. The Morgan fingerprint density at radius 3 is 2.15 bits per heavy atom. The molecule has 0 aliphatic carbocycles. The van der Waals surface area contributed by atoms with E-state index in [1.165, 1.54) is 18.5 Å². The van der Waals surface area contributed by atoms with Crippen LogP contribution in [0.15, 0.2) is 90.2 Å². The highest BCUT2D eigenvalue weighted by molar-refractivity contribution is 7.92. The van der Waals surface area contributed by atoms with Crippen LogP contribution in [0.3, 0.4) is 0 Å². The van der Waals surface area contributed by atoms with Crippen molar-refractivity contribution >= 4 is 38.9 Å². The average Bonchev–Trinajstić information content (AvgIpc) is 2.82. The molecule has 0 radical (unpaired) electrons. The first kappa shape index (κ1) is 22.0. The molecule has 4 rings (SSSR count). The summed E-state index contributed by atoms with van der Waals surface area (Å²) in [6, 6.07) is 20.4. The number of pyridine rings is 1. The summed E-state index contributed by atoms with van der Waals surface area (Å²) in [5.41, 5.74) is 1.18. The fourth-order valence-corrected chi connectivity index (χ4v) is 3.99. The minimum absolute atomic E-state index is 0.155. The lowest BCUT2D eigenvalue weighted by Gasteiger charge is -2.11. The molecular weight excluding hydrogens is 440 g/mol. The lowest BCUT2D eigenvalue weighted by molar-refractivity contribution is 0.340. The van der Waals surface area contributed by atoms with E-state index in [0.29, 0.717) is 35.5 Å². The second-order valence-corrected chi connectivity index (χ2v) is 8.52. The predicted octanol–water partition coefficient (Wildman–Crippen LogP) is 4.56. The van der Waals surface area contributed by atoms with E-state index in [9.17, 15) is 8.42 Å². The number of aromatic nitrogens is 3. The molecule has 2 aromatic heterocycles. The first-order chi connectivity index (χ1) is 16.0. The van der Waals surface area contributed by atoms with Crippen LogP contribution in [0.2, 0.25) is 0 Å². The summed E-state index contributed by atoms with van der Waals surface area (Å²) in [5, 5.41) is 6.27. The van der Waals surface area contributed by atoms with Crippen LogP contribution < -0.4 is 20.1 Å². The Morgan fingerprint density at radius 2 is 1.48 bits per heavy atom. The molecule has 0 saturated heterocycles. The molecule has 0 unspecified atom stereocenters. The number of benzene rings is 2. The van der Waals surface area contributed by atoms with Crippen molar-refractivity contribution in [2.24, 2.45) is 0 Å². The van der Waals surface area contributed by atoms with E-state index in [2.05, 4.69) is 30.3 Å². The van der Waals surface area contributed by atoms with Crippen molar-refractivity contribution in [3.8, 4) is 5.75 Å². The zero-order chi connectivity index (χ0) is 23.1. The van der Waals surface area contributed by atoms with Gasteiger partial charge in [-0.2, -0.15) is 0 Å². The number of ether oxygens (including phenoxy) is 1. The number of sulfonamides is 1. The predicted molar refractivity (Wildman–Crippen MR) is 128 cm³/mol. The van der Waals surface area contributed by atoms with Crippen LogP contribution in [0.25, 0.3) is 0 Å². The van der Waals surface area contributed by atoms with Crippen LogP contribution in [-0.4, -0.2) is 30.0 Å². The third kappa shape index (κ3) is 5.95. The van der Waals surface area contributed by atoms with Crippen molar-refractivity contribution in [2.75, 3.05) is 22.0 Å². The van der Waals surface area contributed by atoms with Gasteiger partial charge >= 0.3 is 0 Å². The Morgan fingerprint density at radius 1 is 0.788 bits per heavy atom.